The van der Waals surface area contributed by atoms with E-state index < -0.39 is 0 Å². The molecule has 0 saturated heterocycles. The van der Waals surface area contributed by atoms with Crippen LogP contribution in [0.3, 0.4) is 0 Å². The van der Waals surface area contributed by atoms with E-state index in [2.05, 4.69) is 269 Å². The zero-order valence-corrected chi connectivity index (χ0v) is 57.5. The van der Waals surface area contributed by atoms with Gasteiger partial charge in [-0.3, -0.25) is 0 Å². The van der Waals surface area contributed by atoms with Gasteiger partial charge in [0.05, 0.1) is 33.1 Å². The number of aromatic nitrogens is 2. The van der Waals surface area contributed by atoms with Gasteiger partial charge >= 0.3 is 0 Å². The molecule has 0 atom stereocenters. The molecule has 0 radical (unpaired) electrons. The van der Waals surface area contributed by atoms with E-state index in [0.29, 0.717) is 0 Å². The third-order valence-corrected chi connectivity index (χ3v) is 27.9. The van der Waals surface area contributed by atoms with Crippen LogP contribution in [0.15, 0.2) is 260 Å². The summed E-state index contributed by atoms with van der Waals surface area (Å²) in [4.78, 5) is 12.7. The Morgan fingerprint density at radius 2 is 0.394 bits per heavy atom. The van der Waals surface area contributed by atoms with Gasteiger partial charge in [-0.1, -0.05) is 109 Å². The third-order valence-electron chi connectivity index (χ3n) is 19.0. The average Bonchev–Trinajstić information content (AvgIpc) is 1.48. The minimum atomic E-state index is 1.21. The van der Waals surface area contributed by atoms with Crippen molar-refractivity contribution in [2.75, 3.05) is 0 Å². The van der Waals surface area contributed by atoms with Crippen molar-refractivity contribution in [3.8, 4) is 127 Å². The molecule has 0 unspecified atom stereocenters. The highest BCUT2D eigenvalue weighted by atomic mass is 32.1. The van der Waals surface area contributed by atoms with Crippen LogP contribution < -0.4 is 0 Å². The molecule has 7 aromatic carbocycles. The van der Waals surface area contributed by atoms with Crippen LogP contribution in [0.1, 0.15) is 0 Å². The van der Waals surface area contributed by atoms with Crippen molar-refractivity contribution in [2.24, 2.45) is 0 Å². The first-order chi connectivity index (χ1) is 46.7. The Bertz CT molecular complexity index is 5810. The lowest BCUT2D eigenvalue weighted by Crippen LogP contribution is -1.99. The second-order valence-electron chi connectivity index (χ2n) is 23.6. The molecule has 0 saturated carbocycles. The minimum Gasteiger partial charge on any atom is -0.308 e. The summed E-state index contributed by atoms with van der Waals surface area (Å²) in [6.07, 6.45) is 0. The van der Waals surface area contributed by atoms with Gasteiger partial charge in [-0.2, -0.15) is 0 Å². The fourth-order valence-corrected chi connectivity index (χ4v) is 23.5. The van der Waals surface area contributed by atoms with E-state index >= 15 is 0 Å². The summed E-state index contributed by atoms with van der Waals surface area (Å²) >= 11 is 18.4. The number of fused-ring (bicyclic) bond motifs is 14. The molecule has 12 heteroatoms. The lowest BCUT2D eigenvalue weighted by atomic mass is 9.80. The summed E-state index contributed by atoms with van der Waals surface area (Å²) in [7, 11) is 0. The molecule has 0 aliphatic carbocycles. The molecule has 21 rings (SSSR count). The topological polar surface area (TPSA) is 8.82 Å². The van der Waals surface area contributed by atoms with Gasteiger partial charge in [0, 0.05) is 159 Å². The van der Waals surface area contributed by atoms with E-state index in [9.17, 15) is 0 Å². The molecular weight excluding hydrogens is 1330 g/mol. The molecule has 0 aliphatic rings. The SMILES string of the molecule is c1csc(-c2c(-c3ccc4c(c3)c3c5c6ccccc6n6c7ccc(-c8c(-c9cccs9)c(-c9cccs9)c(-c9cccs9)c(-c9cccs9)c8-c8cccs8)cc7c(c7c8ccccc8n4c73)c56)c(-c3cccs3)c(-c3cccs3)c(-c3cccs3)c2-c2cccs2)c1. The first-order valence-corrected chi connectivity index (χ1v) is 39.7. The highest BCUT2D eigenvalue weighted by Gasteiger charge is 2.36. The first-order valence-electron chi connectivity index (χ1n) is 30.9. The van der Waals surface area contributed by atoms with Crippen LogP contribution in [0.5, 0.6) is 0 Å². The van der Waals surface area contributed by atoms with Gasteiger partial charge in [0.1, 0.15) is 0 Å². The smallest absolute Gasteiger partial charge is 0.0634 e. The van der Waals surface area contributed by atoms with Crippen LogP contribution in [-0.4, -0.2) is 8.80 Å². The quantitative estimate of drug-likeness (QED) is 0.115. The number of benzene rings is 7. The van der Waals surface area contributed by atoms with Gasteiger partial charge < -0.3 is 8.80 Å². The number of hydrogen-bond donors (Lipinski definition) is 0. The largest absolute Gasteiger partial charge is 0.308 e. The molecule has 21 aromatic rings. The average molecular weight is 1380 g/mol. The van der Waals surface area contributed by atoms with Crippen LogP contribution >= 0.6 is 113 Å². The molecule has 0 aliphatic heterocycles. The fourth-order valence-electron chi connectivity index (χ4n) is 15.6. The molecule has 14 aromatic heterocycles. The van der Waals surface area contributed by atoms with Gasteiger partial charge in [-0.15, -0.1) is 113 Å². The summed E-state index contributed by atoms with van der Waals surface area (Å²) in [5.41, 5.74) is 25.3. The predicted octanol–water partition coefficient (Wildman–Crippen LogP) is 28.6. The van der Waals surface area contributed by atoms with Gasteiger partial charge in [-0.05, 0) is 162 Å². The molecule has 2 nitrogen and oxygen atoms in total. The highest BCUT2D eigenvalue weighted by Crippen LogP contribution is 2.63. The van der Waals surface area contributed by atoms with Crippen LogP contribution in [0.4, 0.5) is 0 Å². The lowest BCUT2D eigenvalue weighted by Gasteiger charge is -2.26. The normalized spacial score (nSPS) is 12.3. The maximum Gasteiger partial charge on any atom is 0.0634 e. The third kappa shape index (κ3) is 7.74. The van der Waals surface area contributed by atoms with Crippen LogP contribution in [0, 0.1) is 0 Å². The molecule has 0 amide bonds. The first kappa shape index (κ1) is 54.5. The summed E-state index contributed by atoms with van der Waals surface area (Å²) < 4.78 is 5.26. The van der Waals surface area contributed by atoms with Crippen molar-refractivity contribution < 1.29 is 0 Å². The Labute approximate surface area is 579 Å². The Hall–Kier alpha value is -8.86. The molecule has 0 N–H and O–H groups in total. The zero-order valence-electron chi connectivity index (χ0n) is 49.4. The monoisotopic (exact) mass is 1380 g/mol. The van der Waals surface area contributed by atoms with E-state index in [4.69, 9.17) is 0 Å². The lowest BCUT2D eigenvalue weighted by molar-refractivity contribution is 1.37. The Balaban J connectivity index is 0.925. The molecule has 94 heavy (non-hydrogen) atoms. The second kappa shape index (κ2) is 21.3. The standard InChI is InChI=1S/C82H44N2S10/c1-3-17-51-47(15-1)67-69-49-43-45(65-71(55-19-5-33-85-55)75(59-23-9-37-89-59)79(63-27-13-41-93-63)76(60-24-10-38-90-60)72(65)56-20-6-34-86-56)30-32-54(49)84-52-18-4-2-16-48(52)68(82(69)84)70-50-44-46(29-31-53(50)83(51)81(67)70)66-73(57-21-7-35-87-57)77(61-25-11-39-91-61)80(64-28-14-42-94-64)78(62-26-12-40-92-62)74(66)58-22-8-36-88-58/h1-44H. The summed E-state index contributed by atoms with van der Waals surface area (Å²) in [6, 6.07) is 79.2. The molecule has 442 valence electrons. The van der Waals surface area contributed by atoms with Crippen LogP contribution in [-0.2, 0) is 0 Å². The minimum absolute atomic E-state index is 1.21. The summed E-state index contributed by atoms with van der Waals surface area (Å²) in [5, 5.41) is 32.8. The maximum atomic E-state index is 2.63. The molecular formula is C82H44N2S10. The van der Waals surface area contributed by atoms with Gasteiger partial charge in [-0.25, -0.2) is 0 Å². The van der Waals surface area contributed by atoms with E-state index in [1.807, 2.05) is 113 Å². The Morgan fingerprint density at radius 1 is 0.181 bits per heavy atom. The molecule has 14 heterocycles. The Morgan fingerprint density at radius 3 is 0.628 bits per heavy atom. The number of nitrogens with zero attached hydrogens (tertiary/aromatic N) is 2. The molecule has 0 bridgehead atoms. The molecule has 0 spiro atoms. The van der Waals surface area contributed by atoms with Crippen molar-refractivity contribution in [3.63, 3.8) is 0 Å². The fraction of sp³-hybridized carbons (Fsp3) is 0. The van der Waals surface area contributed by atoms with E-state index in [1.54, 1.807) is 0 Å². The highest BCUT2D eigenvalue weighted by molar-refractivity contribution is 7.18. The number of rotatable bonds is 12. The van der Waals surface area contributed by atoms with Crippen LogP contribution in [0.2, 0.25) is 0 Å². The number of thiophene rings is 10. The predicted molar refractivity (Wildman–Crippen MR) is 420 cm³/mol. The maximum absolute atomic E-state index is 2.63. The second-order valence-corrected chi connectivity index (χ2v) is 33.1. The van der Waals surface area contributed by atoms with E-state index in [0.717, 1.165) is 0 Å². The number of para-hydroxylation sites is 2. The van der Waals surface area contributed by atoms with Crippen molar-refractivity contribution >= 4 is 190 Å². The van der Waals surface area contributed by atoms with Crippen molar-refractivity contribution in [1.82, 2.24) is 8.80 Å². The molecule has 0 fully saturated rings. The van der Waals surface area contributed by atoms with Crippen molar-refractivity contribution in [1.29, 1.82) is 0 Å². The van der Waals surface area contributed by atoms with Crippen molar-refractivity contribution in [3.05, 3.63) is 260 Å². The van der Waals surface area contributed by atoms with Crippen molar-refractivity contribution in [2.45, 2.75) is 0 Å². The number of hydrogen-bond acceptors (Lipinski definition) is 10. The van der Waals surface area contributed by atoms with Gasteiger partial charge in [0.2, 0.25) is 0 Å². The van der Waals surface area contributed by atoms with E-state index in [1.165, 1.54) is 203 Å². The Kier molecular flexibility index (Phi) is 12.4. The zero-order chi connectivity index (χ0) is 61.3. The van der Waals surface area contributed by atoms with Gasteiger partial charge in [0.15, 0.2) is 0 Å². The van der Waals surface area contributed by atoms with Gasteiger partial charge in [0.25, 0.3) is 0 Å². The summed E-state index contributed by atoms with van der Waals surface area (Å²) in [6.45, 7) is 0. The van der Waals surface area contributed by atoms with E-state index in [-0.39, 0.29) is 0 Å². The van der Waals surface area contributed by atoms with Crippen LogP contribution in [0.25, 0.3) is 203 Å². The summed E-state index contributed by atoms with van der Waals surface area (Å²) in [5.74, 6) is 0.